The van der Waals surface area contributed by atoms with E-state index in [9.17, 15) is 14.7 Å². The summed E-state index contributed by atoms with van der Waals surface area (Å²) in [6.07, 6.45) is 7.76. The summed E-state index contributed by atoms with van der Waals surface area (Å²) in [6.45, 7) is 8.56. The van der Waals surface area contributed by atoms with Crippen molar-refractivity contribution in [1.29, 1.82) is 0 Å². The topological polar surface area (TPSA) is 63.6 Å². The van der Waals surface area contributed by atoms with Crippen LogP contribution in [0.15, 0.2) is 0 Å². The van der Waals surface area contributed by atoms with Crippen molar-refractivity contribution in [3.63, 3.8) is 0 Å². The van der Waals surface area contributed by atoms with E-state index in [4.69, 9.17) is 4.74 Å². The first kappa shape index (κ1) is 18.5. The Hall–Kier alpha value is -0.900. The van der Waals surface area contributed by atoms with Crippen LogP contribution < -0.4 is 0 Å². The van der Waals surface area contributed by atoms with Gasteiger partial charge in [-0.3, -0.25) is 9.59 Å². The van der Waals surface area contributed by atoms with Crippen molar-refractivity contribution in [1.82, 2.24) is 0 Å². The number of esters is 1. The number of rotatable bonds is 2. The molecule has 6 atom stereocenters. The highest BCUT2D eigenvalue weighted by Crippen LogP contribution is 2.71. The Morgan fingerprint density at radius 3 is 2.65 bits per heavy atom. The molecule has 0 unspecified atom stereocenters. The quantitative estimate of drug-likeness (QED) is 0.757. The predicted molar refractivity (Wildman–Crippen MR) is 98.3 cm³/mol. The summed E-state index contributed by atoms with van der Waals surface area (Å²) in [6, 6.07) is 0. The van der Waals surface area contributed by atoms with Crippen LogP contribution in [0, 0.1) is 34.0 Å². The molecule has 0 aromatic carbocycles. The van der Waals surface area contributed by atoms with E-state index in [2.05, 4.69) is 20.8 Å². The number of hydrogen-bond donors (Lipinski definition) is 1. The molecule has 0 radical (unpaired) electrons. The zero-order chi connectivity index (χ0) is 19.0. The van der Waals surface area contributed by atoms with Gasteiger partial charge >= 0.3 is 5.97 Å². The summed E-state index contributed by atoms with van der Waals surface area (Å²) in [7, 11) is 0. The summed E-state index contributed by atoms with van der Waals surface area (Å²) in [5.41, 5.74) is -0.774. The van der Waals surface area contributed by atoms with Crippen LogP contribution in [0.4, 0.5) is 0 Å². The average Bonchev–Trinajstić information content (AvgIpc) is 2.71. The van der Waals surface area contributed by atoms with Crippen molar-refractivity contribution >= 4 is 11.8 Å². The van der Waals surface area contributed by atoms with Gasteiger partial charge in [-0.05, 0) is 66.6 Å². The number of hydrogen-bond acceptors (Lipinski definition) is 4. The largest absolute Gasteiger partial charge is 0.463 e. The van der Waals surface area contributed by atoms with E-state index in [0.29, 0.717) is 30.0 Å². The smallest absolute Gasteiger partial charge is 0.302 e. The first-order valence-corrected chi connectivity index (χ1v) is 10.4. The van der Waals surface area contributed by atoms with Gasteiger partial charge in [0.1, 0.15) is 18.0 Å². The molecule has 1 spiro atoms. The molecule has 4 aliphatic carbocycles. The summed E-state index contributed by atoms with van der Waals surface area (Å²) < 4.78 is 5.21. The minimum atomic E-state index is -1.02. The van der Waals surface area contributed by atoms with Crippen LogP contribution in [0.5, 0.6) is 0 Å². The number of Topliss-reactive ketones (excluding diaryl/α,β-unsaturated/α-hetero) is 1. The van der Waals surface area contributed by atoms with Crippen LogP contribution >= 0.6 is 0 Å². The Morgan fingerprint density at radius 1 is 1.23 bits per heavy atom. The van der Waals surface area contributed by atoms with Gasteiger partial charge in [-0.15, -0.1) is 0 Å². The van der Waals surface area contributed by atoms with Gasteiger partial charge in [0.2, 0.25) is 0 Å². The maximum Gasteiger partial charge on any atom is 0.302 e. The Bertz CT molecular complexity index is 640. The van der Waals surface area contributed by atoms with Crippen LogP contribution in [-0.2, 0) is 14.3 Å². The van der Waals surface area contributed by atoms with Gasteiger partial charge in [0.05, 0.1) is 0 Å². The van der Waals surface area contributed by atoms with Crippen molar-refractivity contribution in [2.45, 2.75) is 84.7 Å². The summed E-state index contributed by atoms with van der Waals surface area (Å²) in [5, 5.41) is 11.3. The van der Waals surface area contributed by atoms with E-state index < -0.39 is 5.60 Å². The van der Waals surface area contributed by atoms with Crippen molar-refractivity contribution in [2.24, 2.45) is 34.0 Å². The molecule has 0 saturated heterocycles. The molecule has 4 fully saturated rings. The molecular weight excluding hydrogens is 328 g/mol. The van der Waals surface area contributed by atoms with E-state index in [-0.39, 0.29) is 35.2 Å². The molecule has 4 aliphatic rings. The summed E-state index contributed by atoms with van der Waals surface area (Å²) in [5.74, 6) is 0.607. The highest BCUT2D eigenvalue weighted by Gasteiger charge is 2.69. The monoisotopic (exact) mass is 362 g/mol. The van der Waals surface area contributed by atoms with Gasteiger partial charge in [-0.25, -0.2) is 0 Å². The highest BCUT2D eigenvalue weighted by molar-refractivity contribution is 5.85. The second-order valence-electron chi connectivity index (χ2n) is 10.9. The SMILES string of the molecule is CC(=O)OC[C@@]1(O)C[C@@]23CC[C@@H]4C(C)(C)CCC[C@@]4(C)[C@@H]2C(=O)C[C@@H]1C3. The summed E-state index contributed by atoms with van der Waals surface area (Å²) in [4.78, 5) is 24.7. The molecule has 4 heteroatoms. The first-order valence-electron chi connectivity index (χ1n) is 10.4. The van der Waals surface area contributed by atoms with Crippen LogP contribution in [0.3, 0.4) is 0 Å². The van der Waals surface area contributed by atoms with Gasteiger partial charge in [-0.2, -0.15) is 0 Å². The van der Waals surface area contributed by atoms with Gasteiger partial charge in [0, 0.05) is 19.3 Å². The molecule has 0 aliphatic heterocycles. The third kappa shape index (κ3) is 2.43. The first-order chi connectivity index (χ1) is 12.0. The van der Waals surface area contributed by atoms with E-state index in [0.717, 1.165) is 25.7 Å². The fourth-order valence-electron chi connectivity index (χ4n) is 8.15. The van der Waals surface area contributed by atoms with Crippen molar-refractivity contribution in [3.05, 3.63) is 0 Å². The van der Waals surface area contributed by atoms with Gasteiger partial charge in [0.15, 0.2) is 0 Å². The van der Waals surface area contributed by atoms with E-state index >= 15 is 0 Å². The van der Waals surface area contributed by atoms with Crippen LogP contribution in [0.25, 0.3) is 0 Å². The lowest BCUT2D eigenvalue weighted by atomic mass is 9.41. The Labute approximate surface area is 157 Å². The molecule has 4 saturated carbocycles. The number of aliphatic hydroxyl groups is 1. The lowest BCUT2D eigenvalue weighted by Crippen LogP contribution is -2.58. The van der Waals surface area contributed by atoms with Gasteiger partial charge in [-0.1, -0.05) is 27.2 Å². The third-order valence-corrected chi connectivity index (χ3v) is 8.84. The zero-order valence-electron chi connectivity index (χ0n) is 16.8. The highest BCUT2D eigenvalue weighted by atomic mass is 16.5. The number of carbonyl (C=O) groups excluding carboxylic acids is 2. The fraction of sp³-hybridized carbons (Fsp3) is 0.909. The van der Waals surface area contributed by atoms with E-state index in [1.807, 2.05) is 0 Å². The second kappa shape index (κ2) is 5.56. The molecule has 4 rings (SSSR count). The molecule has 0 aromatic rings. The molecule has 0 aromatic heterocycles. The number of ether oxygens (including phenoxy) is 1. The number of carbonyl (C=O) groups is 2. The van der Waals surface area contributed by atoms with Crippen LogP contribution in [0.1, 0.15) is 79.1 Å². The molecule has 2 bridgehead atoms. The average molecular weight is 363 g/mol. The van der Waals surface area contributed by atoms with Crippen LogP contribution in [0.2, 0.25) is 0 Å². The normalized spacial score (nSPS) is 49.3. The lowest BCUT2D eigenvalue weighted by molar-refractivity contribution is -0.166. The summed E-state index contributed by atoms with van der Waals surface area (Å²) >= 11 is 0. The maximum absolute atomic E-state index is 13.4. The van der Waals surface area contributed by atoms with Gasteiger partial charge < -0.3 is 9.84 Å². The maximum atomic E-state index is 13.4. The Balaban J connectivity index is 1.69. The molecule has 0 amide bonds. The molecule has 26 heavy (non-hydrogen) atoms. The van der Waals surface area contributed by atoms with E-state index in [1.54, 1.807) is 0 Å². The van der Waals surface area contributed by atoms with Crippen molar-refractivity contribution in [3.8, 4) is 0 Å². The second-order valence-corrected chi connectivity index (χ2v) is 10.9. The standard InChI is InChI=1S/C22H34O4/c1-14(23)26-13-22(25)12-21-9-6-17-19(2,3)7-5-8-20(17,4)18(21)16(24)10-15(22)11-21/h15,17-18,25H,5-13H2,1-4H3/t15-,17-,18+,20-,21+,22+/m1/s1. The van der Waals surface area contributed by atoms with Gasteiger partial charge in [0.25, 0.3) is 0 Å². The van der Waals surface area contributed by atoms with Crippen molar-refractivity contribution < 1.29 is 19.4 Å². The molecular formula is C22H34O4. The third-order valence-electron chi connectivity index (χ3n) is 8.84. The Kier molecular flexibility index (Phi) is 3.95. The fourth-order valence-corrected chi connectivity index (χ4v) is 8.15. The minimum absolute atomic E-state index is 0.0420. The molecule has 1 N–H and O–H groups in total. The van der Waals surface area contributed by atoms with Crippen LogP contribution in [-0.4, -0.2) is 29.1 Å². The van der Waals surface area contributed by atoms with E-state index in [1.165, 1.54) is 19.8 Å². The molecule has 146 valence electrons. The zero-order valence-corrected chi connectivity index (χ0v) is 16.8. The molecule has 4 nitrogen and oxygen atoms in total. The van der Waals surface area contributed by atoms with Crippen molar-refractivity contribution in [2.75, 3.05) is 6.61 Å². The molecule has 0 heterocycles. The minimum Gasteiger partial charge on any atom is -0.463 e. The predicted octanol–water partition coefficient (Wildman–Crippen LogP) is 3.89. The number of fused-ring (bicyclic) bond motifs is 3. The number of ketones is 1. The lowest BCUT2D eigenvalue weighted by Gasteiger charge is -2.63. The Morgan fingerprint density at radius 2 is 1.96 bits per heavy atom.